The first-order valence-corrected chi connectivity index (χ1v) is 8.83. The summed E-state index contributed by atoms with van der Waals surface area (Å²) in [6, 6.07) is 11.1. The molecule has 0 unspecified atom stereocenters. The summed E-state index contributed by atoms with van der Waals surface area (Å²) in [4.78, 5) is 26.5. The first kappa shape index (κ1) is 17.5. The first-order chi connectivity index (χ1) is 12.9. The molecule has 1 spiro atoms. The fourth-order valence-electron chi connectivity index (χ4n) is 3.77. The molecule has 0 aromatic heterocycles. The molecular weight excluding hydrogens is 352 g/mol. The highest BCUT2D eigenvalue weighted by Gasteiger charge is 2.61. The number of hydrogen-bond donors (Lipinski definition) is 2. The van der Waals surface area contributed by atoms with E-state index in [-0.39, 0.29) is 29.1 Å². The second kappa shape index (κ2) is 6.64. The van der Waals surface area contributed by atoms with Crippen molar-refractivity contribution in [1.29, 1.82) is 0 Å². The Morgan fingerprint density at radius 1 is 1.00 bits per heavy atom. The van der Waals surface area contributed by atoms with Gasteiger partial charge in [0.1, 0.15) is 11.6 Å². The van der Waals surface area contributed by atoms with Crippen molar-refractivity contribution >= 4 is 23.3 Å². The lowest BCUT2D eigenvalue weighted by Crippen LogP contribution is -2.33. The average Bonchev–Trinajstić information content (AvgIpc) is 3.17. The number of urea groups is 1. The van der Waals surface area contributed by atoms with Crippen LogP contribution in [0, 0.1) is 23.0 Å². The summed E-state index contributed by atoms with van der Waals surface area (Å²) in [7, 11) is 0. The Labute approximate surface area is 155 Å². The molecule has 1 saturated carbocycles. The molecule has 0 bridgehead atoms. The molecule has 2 fully saturated rings. The quantitative estimate of drug-likeness (QED) is 0.861. The molecule has 4 rings (SSSR count). The first-order valence-electron chi connectivity index (χ1n) is 8.83. The Hall–Kier alpha value is -2.96. The van der Waals surface area contributed by atoms with Crippen LogP contribution in [0.25, 0.3) is 0 Å². The maximum absolute atomic E-state index is 13.2. The van der Waals surface area contributed by atoms with Gasteiger partial charge in [-0.15, -0.1) is 0 Å². The molecule has 27 heavy (non-hydrogen) atoms. The van der Waals surface area contributed by atoms with Gasteiger partial charge in [0.2, 0.25) is 5.91 Å². The Bertz CT molecular complexity index is 887. The molecule has 2 aromatic carbocycles. The number of carbonyl (C=O) groups is 2. The molecule has 0 radical (unpaired) electrons. The third-order valence-corrected chi connectivity index (χ3v) is 5.37. The number of nitrogens with zero attached hydrogens (tertiary/aromatic N) is 1. The molecule has 7 heteroatoms. The summed E-state index contributed by atoms with van der Waals surface area (Å²) in [6.45, 7) is 1.07. The van der Waals surface area contributed by atoms with Gasteiger partial charge in [0.25, 0.3) is 0 Å². The maximum Gasteiger partial charge on any atom is 0.321 e. The van der Waals surface area contributed by atoms with Crippen molar-refractivity contribution in [2.75, 3.05) is 23.7 Å². The van der Waals surface area contributed by atoms with Crippen LogP contribution in [0.5, 0.6) is 0 Å². The van der Waals surface area contributed by atoms with Crippen LogP contribution in [-0.2, 0) is 4.79 Å². The molecule has 5 nitrogen and oxygen atoms in total. The smallest absolute Gasteiger partial charge is 0.321 e. The Balaban J connectivity index is 1.33. The highest BCUT2D eigenvalue weighted by atomic mass is 19.1. The van der Waals surface area contributed by atoms with E-state index >= 15 is 0 Å². The van der Waals surface area contributed by atoms with E-state index in [1.807, 2.05) is 0 Å². The van der Waals surface area contributed by atoms with Gasteiger partial charge in [0.05, 0.1) is 0 Å². The summed E-state index contributed by atoms with van der Waals surface area (Å²) in [6.07, 6.45) is 1.47. The lowest BCUT2D eigenvalue weighted by Gasteiger charge is -2.17. The monoisotopic (exact) mass is 371 g/mol. The van der Waals surface area contributed by atoms with E-state index in [4.69, 9.17) is 0 Å². The van der Waals surface area contributed by atoms with Crippen molar-refractivity contribution in [2.45, 2.75) is 12.8 Å². The van der Waals surface area contributed by atoms with E-state index in [0.717, 1.165) is 6.42 Å². The second-order valence-corrected chi connectivity index (χ2v) is 7.23. The Morgan fingerprint density at radius 2 is 1.78 bits per heavy atom. The van der Waals surface area contributed by atoms with Crippen molar-refractivity contribution in [3.8, 4) is 0 Å². The van der Waals surface area contributed by atoms with Gasteiger partial charge in [-0.1, -0.05) is 6.07 Å². The number of benzene rings is 2. The van der Waals surface area contributed by atoms with Crippen molar-refractivity contribution in [1.82, 2.24) is 4.90 Å². The van der Waals surface area contributed by atoms with Crippen LogP contribution in [-0.4, -0.2) is 29.9 Å². The zero-order valence-corrected chi connectivity index (χ0v) is 14.5. The van der Waals surface area contributed by atoms with E-state index < -0.39 is 5.82 Å². The fourth-order valence-corrected chi connectivity index (χ4v) is 3.77. The SMILES string of the molecule is O=C(Nc1cccc(F)c1)[C@H]1C[C@@]12CCN(C(=O)Nc1ccc(F)cc1)C2. The van der Waals surface area contributed by atoms with Crippen LogP contribution in [0.4, 0.5) is 25.0 Å². The van der Waals surface area contributed by atoms with E-state index in [2.05, 4.69) is 10.6 Å². The second-order valence-electron chi connectivity index (χ2n) is 7.23. The van der Waals surface area contributed by atoms with Crippen LogP contribution in [0.3, 0.4) is 0 Å². The van der Waals surface area contributed by atoms with Crippen LogP contribution in [0.1, 0.15) is 12.8 Å². The zero-order chi connectivity index (χ0) is 19.0. The minimum atomic E-state index is -0.400. The molecule has 2 aromatic rings. The zero-order valence-electron chi connectivity index (χ0n) is 14.5. The van der Waals surface area contributed by atoms with Gasteiger partial charge in [0, 0.05) is 35.8 Å². The molecule has 1 heterocycles. The van der Waals surface area contributed by atoms with Crippen LogP contribution in [0.2, 0.25) is 0 Å². The average molecular weight is 371 g/mol. The predicted molar refractivity (Wildman–Crippen MR) is 97.2 cm³/mol. The highest BCUT2D eigenvalue weighted by Crippen LogP contribution is 2.58. The number of carbonyl (C=O) groups excluding carboxylic acids is 2. The van der Waals surface area contributed by atoms with E-state index in [9.17, 15) is 18.4 Å². The Kier molecular flexibility index (Phi) is 4.30. The molecule has 140 valence electrons. The molecular formula is C20H19F2N3O2. The van der Waals surface area contributed by atoms with Crippen molar-refractivity contribution in [3.63, 3.8) is 0 Å². The van der Waals surface area contributed by atoms with E-state index in [1.165, 1.54) is 36.4 Å². The largest absolute Gasteiger partial charge is 0.326 e. The van der Waals surface area contributed by atoms with Gasteiger partial charge in [-0.3, -0.25) is 4.79 Å². The molecule has 1 saturated heterocycles. The van der Waals surface area contributed by atoms with Gasteiger partial charge in [-0.25, -0.2) is 13.6 Å². The van der Waals surface area contributed by atoms with Gasteiger partial charge >= 0.3 is 6.03 Å². The Morgan fingerprint density at radius 3 is 2.52 bits per heavy atom. The van der Waals surface area contributed by atoms with E-state index in [1.54, 1.807) is 17.0 Å². The number of nitrogens with one attached hydrogen (secondary N) is 2. The number of halogens is 2. The van der Waals surface area contributed by atoms with Gasteiger partial charge in [-0.05, 0) is 55.3 Å². The normalized spacial score (nSPS) is 23.3. The number of rotatable bonds is 3. The summed E-state index contributed by atoms with van der Waals surface area (Å²) >= 11 is 0. The van der Waals surface area contributed by atoms with Crippen LogP contribution in [0.15, 0.2) is 48.5 Å². The lowest BCUT2D eigenvalue weighted by atomic mass is 10.0. The standard InChI is InChI=1S/C20H19F2N3O2/c21-13-4-6-15(7-5-13)24-19(27)25-9-8-20(12-25)11-17(20)18(26)23-16-3-1-2-14(22)10-16/h1-7,10,17H,8-9,11-12H2,(H,23,26)(H,24,27)/t17-,20-/m1/s1. The lowest BCUT2D eigenvalue weighted by molar-refractivity contribution is -0.118. The fraction of sp³-hybridized carbons (Fsp3) is 0.300. The van der Waals surface area contributed by atoms with Gasteiger partial charge < -0.3 is 15.5 Å². The molecule has 1 aliphatic carbocycles. The van der Waals surface area contributed by atoms with Gasteiger partial charge in [0.15, 0.2) is 0 Å². The predicted octanol–water partition coefficient (Wildman–Crippen LogP) is 3.85. The molecule has 2 atom stereocenters. The highest BCUT2D eigenvalue weighted by molar-refractivity contribution is 5.95. The van der Waals surface area contributed by atoms with Crippen LogP contribution >= 0.6 is 0 Å². The number of hydrogen-bond acceptors (Lipinski definition) is 2. The topological polar surface area (TPSA) is 61.4 Å². The van der Waals surface area contributed by atoms with Crippen LogP contribution < -0.4 is 10.6 Å². The summed E-state index contributed by atoms with van der Waals surface area (Å²) in [5, 5.41) is 5.50. The van der Waals surface area contributed by atoms with E-state index in [0.29, 0.717) is 30.9 Å². The minimum Gasteiger partial charge on any atom is -0.326 e. The molecule has 2 aliphatic rings. The van der Waals surface area contributed by atoms with Gasteiger partial charge in [-0.2, -0.15) is 0 Å². The number of likely N-dealkylation sites (tertiary alicyclic amines) is 1. The maximum atomic E-state index is 13.2. The van der Waals surface area contributed by atoms with Crippen molar-refractivity contribution in [2.24, 2.45) is 11.3 Å². The summed E-state index contributed by atoms with van der Waals surface area (Å²) in [5.41, 5.74) is 0.766. The number of amides is 3. The third kappa shape index (κ3) is 3.63. The van der Waals surface area contributed by atoms with Crippen molar-refractivity contribution < 1.29 is 18.4 Å². The summed E-state index contributed by atoms with van der Waals surface area (Å²) in [5.74, 6) is -1.08. The number of anilines is 2. The third-order valence-electron chi connectivity index (χ3n) is 5.37. The molecule has 2 N–H and O–H groups in total. The summed E-state index contributed by atoms with van der Waals surface area (Å²) < 4.78 is 26.2. The minimum absolute atomic E-state index is 0.138. The molecule has 3 amide bonds. The van der Waals surface area contributed by atoms with Crippen molar-refractivity contribution in [3.05, 3.63) is 60.2 Å². The molecule has 1 aliphatic heterocycles.